The van der Waals surface area contributed by atoms with E-state index in [-0.39, 0.29) is 5.69 Å². The molecule has 0 saturated carbocycles. The molecule has 0 aromatic carbocycles. The van der Waals surface area contributed by atoms with Gasteiger partial charge in [0.15, 0.2) is 0 Å². The third kappa shape index (κ3) is 3.02. The molecule has 1 aromatic heterocycles. The van der Waals surface area contributed by atoms with Gasteiger partial charge >= 0.3 is 6.18 Å². The Morgan fingerprint density at radius 2 is 2.18 bits per heavy atom. The van der Waals surface area contributed by atoms with Gasteiger partial charge in [0.05, 0.1) is 6.42 Å². The molecule has 0 unspecified atom stereocenters. The number of hydrogen-bond acceptors (Lipinski definition) is 1. The van der Waals surface area contributed by atoms with E-state index in [1.807, 2.05) is 0 Å². The molecule has 0 aliphatic carbocycles. The van der Waals surface area contributed by atoms with Crippen molar-refractivity contribution in [1.82, 2.24) is 4.98 Å². The number of rotatable bonds is 1. The molecule has 4 heteroatoms. The summed E-state index contributed by atoms with van der Waals surface area (Å²) in [4.78, 5) is 3.49. The van der Waals surface area contributed by atoms with Gasteiger partial charge in [0.25, 0.3) is 0 Å². The van der Waals surface area contributed by atoms with Crippen LogP contribution >= 0.6 is 0 Å². The van der Waals surface area contributed by atoms with Crippen LogP contribution in [0.3, 0.4) is 0 Å². The smallest absolute Gasteiger partial charge is 0.260 e. The number of nitrogens with zero attached hydrogens (tertiary/aromatic N) is 1. The van der Waals surface area contributed by atoms with E-state index in [1.165, 1.54) is 18.3 Å². The lowest BCUT2D eigenvalue weighted by atomic mass is 10.3. The Morgan fingerprint density at radius 3 is 2.64 bits per heavy atom. The van der Waals surface area contributed by atoms with E-state index in [0.717, 1.165) is 0 Å². The third-order valence-electron chi connectivity index (χ3n) is 1.06. The molecule has 1 radical (unpaired) electrons. The molecule has 0 fully saturated rings. The Balaban J connectivity index is 2.66. The summed E-state index contributed by atoms with van der Waals surface area (Å²) in [6.45, 7) is 0. The second-order valence-corrected chi connectivity index (χ2v) is 2.04. The first-order chi connectivity index (χ1) is 5.08. The van der Waals surface area contributed by atoms with E-state index in [2.05, 4.69) is 11.1 Å². The first-order valence-electron chi connectivity index (χ1n) is 2.96. The second-order valence-electron chi connectivity index (χ2n) is 2.04. The summed E-state index contributed by atoms with van der Waals surface area (Å²) in [6, 6.07) is 5.25. The minimum absolute atomic E-state index is 0.0243. The highest BCUT2D eigenvalue weighted by Crippen LogP contribution is 2.19. The Hall–Kier alpha value is -1.06. The summed E-state index contributed by atoms with van der Waals surface area (Å²) in [7, 11) is 0. The summed E-state index contributed by atoms with van der Waals surface area (Å²) >= 11 is 0. The second kappa shape index (κ2) is 2.90. The molecule has 0 bridgehead atoms. The van der Waals surface area contributed by atoms with Crippen LogP contribution in [0, 0.1) is 6.07 Å². The van der Waals surface area contributed by atoms with Gasteiger partial charge in [0.1, 0.15) is 0 Å². The van der Waals surface area contributed by atoms with E-state index in [4.69, 9.17) is 0 Å². The summed E-state index contributed by atoms with van der Waals surface area (Å²) in [6.07, 6.45) is -3.92. The lowest BCUT2D eigenvalue weighted by molar-refractivity contribution is -0.127. The van der Waals surface area contributed by atoms with Crippen molar-refractivity contribution in [2.75, 3.05) is 0 Å². The van der Waals surface area contributed by atoms with Crippen molar-refractivity contribution in [1.29, 1.82) is 0 Å². The number of hydrogen-bond donors (Lipinski definition) is 0. The van der Waals surface area contributed by atoms with Crippen LogP contribution in [0.2, 0.25) is 0 Å². The van der Waals surface area contributed by atoms with Gasteiger partial charge in [-0.25, -0.2) is 0 Å². The molecular formula is C7H5F3N. The average molecular weight is 160 g/mol. The normalized spacial score (nSPS) is 11.5. The van der Waals surface area contributed by atoms with E-state index < -0.39 is 12.6 Å². The van der Waals surface area contributed by atoms with Crippen molar-refractivity contribution >= 4 is 0 Å². The quantitative estimate of drug-likeness (QED) is 0.612. The molecule has 1 aromatic rings. The van der Waals surface area contributed by atoms with E-state index in [1.54, 1.807) is 0 Å². The number of aromatic nitrogens is 1. The predicted molar refractivity (Wildman–Crippen MR) is 32.8 cm³/mol. The van der Waals surface area contributed by atoms with E-state index in [9.17, 15) is 13.2 Å². The fourth-order valence-corrected chi connectivity index (χ4v) is 0.660. The van der Waals surface area contributed by atoms with Crippen LogP contribution in [0.25, 0.3) is 0 Å². The van der Waals surface area contributed by atoms with Crippen LogP contribution in [0.15, 0.2) is 18.3 Å². The molecule has 1 heterocycles. The maximum absolute atomic E-state index is 11.7. The van der Waals surface area contributed by atoms with Crippen LogP contribution in [-0.2, 0) is 6.42 Å². The minimum atomic E-state index is -4.17. The number of halogens is 3. The zero-order chi connectivity index (χ0) is 8.32. The molecule has 1 rings (SSSR count). The minimum Gasteiger partial charge on any atom is -0.260 e. The van der Waals surface area contributed by atoms with Crippen molar-refractivity contribution < 1.29 is 13.2 Å². The fraction of sp³-hybridized carbons (Fsp3) is 0.286. The molecule has 0 saturated heterocycles. The van der Waals surface area contributed by atoms with Crippen molar-refractivity contribution in [3.63, 3.8) is 0 Å². The first kappa shape index (κ1) is 8.04. The molecule has 0 amide bonds. The molecule has 0 aliphatic heterocycles. The molecule has 0 N–H and O–H groups in total. The number of pyridine rings is 1. The highest BCUT2D eigenvalue weighted by Gasteiger charge is 2.27. The third-order valence-corrected chi connectivity index (χ3v) is 1.06. The van der Waals surface area contributed by atoms with Gasteiger partial charge in [-0.1, -0.05) is 6.07 Å². The standard InChI is InChI=1S/C7H5F3N/c8-7(9,10)5-6-3-1-2-4-11-6/h1,3-4H,5H2. The topological polar surface area (TPSA) is 12.9 Å². The Labute approximate surface area is 61.9 Å². The molecule has 1 nitrogen and oxygen atoms in total. The van der Waals surface area contributed by atoms with Crippen molar-refractivity contribution in [3.8, 4) is 0 Å². The lowest BCUT2D eigenvalue weighted by Crippen LogP contribution is -2.12. The van der Waals surface area contributed by atoms with Crippen LogP contribution < -0.4 is 0 Å². The van der Waals surface area contributed by atoms with Crippen molar-refractivity contribution in [2.45, 2.75) is 12.6 Å². The van der Waals surface area contributed by atoms with Crippen LogP contribution in [-0.4, -0.2) is 11.2 Å². The maximum Gasteiger partial charge on any atom is 0.394 e. The first-order valence-corrected chi connectivity index (χ1v) is 2.96. The molecule has 59 valence electrons. The molecular weight excluding hydrogens is 155 g/mol. The Morgan fingerprint density at radius 1 is 1.45 bits per heavy atom. The van der Waals surface area contributed by atoms with Gasteiger partial charge in [-0.3, -0.25) is 4.98 Å². The van der Waals surface area contributed by atoms with Crippen LogP contribution in [0.1, 0.15) is 5.69 Å². The highest BCUT2D eigenvalue weighted by atomic mass is 19.4. The monoisotopic (exact) mass is 160 g/mol. The van der Waals surface area contributed by atoms with Crippen LogP contribution in [0.4, 0.5) is 13.2 Å². The zero-order valence-corrected chi connectivity index (χ0v) is 5.52. The summed E-state index contributed by atoms with van der Waals surface area (Å²) < 4.78 is 35.1. The van der Waals surface area contributed by atoms with E-state index in [0.29, 0.717) is 0 Å². The van der Waals surface area contributed by atoms with Gasteiger partial charge in [0, 0.05) is 18.0 Å². The SMILES string of the molecule is FC(F)(F)Cc1cc[c]cn1. The molecule has 0 aliphatic rings. The van der Waals surface area contributed by atoms with Gasteiger partial charge in [-0.2, -0.15) is 13.2 Å². The lowest BCUT2D eigenvalue weighted by Gasteiger charge is -2.03. The predicted octanol–water partition coefficient (Wildman–Crippen LogP) is 1.99. The van der Waals surface area contributed by atoms with Crippen molar-refractivity contribution in [2.24, 2.45) is 0 Å². The summed E-state index contributed by atoms with van der Waals surface area (Å²) in [5.74, 6) is 0. The van der Waals surface area contributed by atoms with Gasteiger partial charge in [-0.15, -0.1) is 0 Å². The van der Waals surface area contributed by atoms with Gasteiger partial charge in [0.2, 0.25) is 0 Å². The van der Waals surface area contributed by atoms with Crippen molar-refractivity contribution in [3.05, 3.63) is 30.1 Å². The van der Waals surface area contributed by atoms with E-state index >= 15 is 0 Å². The van der Waals surface area contributed by atoms with Gasteiger partial charge in [-0.05, 0) is 6.07 Å². The zero-order valence-electron chi connectivity index (χ0n) is 5.52. The maximum atomic E-state index is 11.7. The Bertz CT molecular complexity index is 217. The highest BCUT2D eigenvalue weighted by molar-refractivity contribution is 5.03. The molecule has 0 atom stereocenters. The summed E-state index contributed by atoms with van der Waals surface area (Å²) in [5.41, 5.74) is 0.0243. The summed E-state index contributed by atoms with van der Waals surface area (Å²) in [5, 5.41) is 0. The van der Waals surface area contributed by atoms with Gasteiger partial charge < -0.3 is 0 Å². The average Bonchev–Trinajstić information content (AvgIpc) is 1.85. The Kier molecular flexibility index (Phi) is 2.12. The molecule has 0 spiro atoms. The van der Waals surface area contributed by atoms with Crippen LogP contribution in [0.5, 0.6) is 0 Å². The largest absolute Gasteiger partial charge is 0.394 e. The number of alkyl halides is 3. The molecule has 11 heavy (non-hydrogen) atoms. The fourth-order valence-electron chi connectivity index (χ4n) is 0.660.